The van der Waals surface area contributed by atoms with Gasteiger partial charge in [-0.2, -0.15) is 0 Å². The summed E-state index contributed by atoms with van der Waals surface area (Å²) in [6, 6.07) is 0.602. The lowest BCUT2D eigenvalue weighted by Gasteiger charge is -2.47. The number of hydrogen-bond acceptors (Lipinski definition) is 17. The van der Waals surface area contributed by atoms with Crippen LogP contribution in [0, 0.1) is 17.8 Å². The molecule has 2 bridgehead atoms. The highest BCUT2D eigenvalue weighted by atomic mass is 28.3. The molecule has 19 atom stereocenters. The van der Waals surface area contributed by atoms with Gasteiger partial charge in [0, 0.05) is 50.6 Å². The van der Waals surface area contributed by atoms with Crippen molar-refractivity contribution in [2.45, 2.75) is 202 Å². The molecule has 4 aliphatic rings. The van der Waals surface area contributed by atoms with Crippen LogP contribution in [-0.4, -0.2) is 186 Å². The maximum Gasteiger partial charge on any atom is 0.308 e. The van der Waals surface area contributed by atoms with E-state index in [2.05, 4.69) is 13.1 Å². The van der Waals surface area contributed by atoms with Crippen LogP contribution >= 0.6 is 0 Å². The molecule has 18 nitrogen and oxygen atoms in total. The zero-order valence-electron chi connectivity index (χ0n) is 42.9. The summed E-state index contributed by atoms with van der Waals surface area (Å²) in [6.07, 6.45) is 5.48. The molecule has 72 heavy (non-hydrogen) atoms. The van der Waals surface area contributed by atoms with Gasteiger partial charge in [-0.25, -0.2) is 0 Å². The largest absolute Gasteiger partial charge is 0.462 e. The highest BCUT2D eigenvalue weighted by Crippen LogP contribution is 2.39. The van der Waals surface area contributed by atoms with Crippen LogP contribution in [0.1, 0.15) is 79.1 Å². The number of amides is 1. The topological polar surface area (TPSA) is 303 Å². The van der Waals surface area contributed by atoms with Crippen LogP contribution in [0.15, 0.2) is 85.1 Å². The Balaban J connectivity index is 1.62. The Morgan fingerprint density at radius 1 is 0.681 bits per heavy atom. The number of nitrogens with two attached hydrogens (primary N) is 1. The van der Waals surface area contributed by atoms with E-state index in [-0.39, 0.29) is 37.5 Å². The summed E-state index contributed by atoms with van der Waals surface area (Å²) < 4.78 is 24.0. The Bertz CT molecular complexity index is 1880. The predicted molar refractivity (Wildman–Crippen MR) is 273 cm³/mol. The Morgan fingerprint density at radius 2 is 1.25 bits per heavy atom. The summed E-state index contributed by atoms with van der Waals surface area (Å²) in [4.78, 5) is 28.8. The summed E-state index contributed by atoms with van der Waals surface area (Å²) in [7, 11) is -1.53. The molecule has 0 aromatic carbocycles. The van der Waals surface area contributed by atoms with Crippen LogP contribution in [0.4, 0.5) is 0 Å². The average Bonchev–Trinajstić information content (AvgIpc) is 3.30. The number of allylic oxidation sites excluding steroid dienone is 12. The van der Waals surface area contributed by atoms with Gasteiger partial charge in [0.2, 0.25) is 5.91 Å². The first-order valence-corrected chi connectivity index (χ1v) is 29.1. The minimum atomic E-state index is -2.24. The summed E-state index contributed by atoms with van der Waals surface area (Å²) in [5.74, 6) is -5.24. The van der Waals surface area contributed by atoms with E-state index in [1.165, 1.54) is 0 Å². The Hall–Kier alpha value is -3.22. The lowest BCUT2D eigenvalue weighted by Crippen LogP contribution is -2.62. The zero-order valence-corrected chi connectivity index (χ0v) is 43.9. The van der Waals surface area contributed by atoms with E-state index in [1.54, 1.807) is 56.1 Å². The van der Waals surface area contributed by atoms with Gasteiger partial charge < -0.3 is 80.6 Å². The molecule has 0 aromatic rings. The van der Waals surface area contributed by atoms with Gasteiger partial charge in [-0.1, -0.05) is 112 Å². The number of carbonyl (C=O) groups is 2. The van der Waals surface area contributed by atoms with Gasteiger partial charge in [0.15, 0.2) is 12.1 Å². The minimum absolute atomic E-state index is 0.0838. The monoisotopic (exact) mass is 1030 g/mol. The van der Waals surface area contributed by atoms with Crippen molar-refractivity contribution < 1.29 is 79.6 Å². The van der Waals surface area contributed by atoms with Gasteiger partial charge in [-0.05, 0) is 45.2 Å². The summed E-state index contributed by atoms with van der Waals surface area (Å²) >= 11 is 0. The molecule has 2 unspecified atom stereocenters. The van der Waals surface area contributed by atoms with Crippen LogP contribution in [0.25, 0.3) is 0 Å². The third-order valence-electron chi connectivity index (χ3n) is 14.5. The van der Waals surface area contributed by atoms with Crippen molar-refractivity contribution in [1.29, 1.82) is 0 Å². The van der Waals surface area contributed by atoms with Crippen molar-refractivity contribution in [3.63, 3.8) is 0 Å². The molecule has 19 heteroatoms. The summed E-state index contributed by atoms with van der Waals surface area (Å²) in [5.41, 5.74) is 6.15. The molecule has 0 radical (unpaired) electrons. The zero-order chi connectivity index (χ0) is 53.3. The maximum absolute atomic E-state index is 14.4. The van der Waals surface area contributed by atoms with Gasteiger partial charge in [0.1, 0.15) is 12.2 Å². The summed E-state index contributed by atoms with van der Waals surface area (Å²) in [5, 5.41) is 111. The molecule has 0 aromatic heterocycles. The third-order valence-corrected chi connectivity index (χ3v) is 17.6. The molecule has 12 N–H and O–H groups in total. The van der Waals surface area contributed by atoms with E-state index in [4.69, 9.17) is 24.7 Å². The van der Waals surface area contributed by atoms with E-state index in [9.17, 15) is 60.7 Å². The van der Waals surface area contributed by atoms with E-state index >= 15 is 0 Å². The van der Waals surface area contributed by atoms with Crippen LogP contribution < -0.4 is 5.73 Å². The maximum atomic E-state index is 14.4. The van der Waals surface area contributed by atoms with Gasteiger partial charge in [-0.15, -0.1) is 0 Å². The number of hydrogen-bond donors (Lipinski definition) is 11. The number of cyclic esters (lactones) is 1. The van der Waals surface area contributed by atoms with Crippen LogP contribution in [0.5, 0.6) is 0 Å². The van der Waals surface area contributed by atoms with Gasteiger partial charge in [-0.3, -0.25) is 9.59 Å². The Morgan fingerprint density at radius 3 is 1.85 bits per heavy atom. The van der Waals surface area contributed by atoms with Crippen molar-refractivity contribution in [3.8, 4) is 0 Å². The normalized spacial score (nSPS) is 44.3. The highest BCUT2D eigenvalue weighted by Gasteiger charge is 2.52. The van der Waals surface area contributed by atoms with Gasteiger partial charge in [0.05, 0.1) is 93.6 Å². The molecule has 0 aliphatic carbocycles. The molecule has 1 amide bonds. The van der Waals surface area contributed by atoms with Crippen molar-refractivity contribution in [3.05, 3.63) is 85.1 Å². The molecular weight excluding hydrogens is 949 g/mol. The van der Waals surface area contributed by atoms with E-state index in [0.29, 0.717) is 13.1 Å². The first-order chi connectivity index (χ1) is 33.9. The molecule has 4 aliphatic heterocycles. The average molecular weight is 1040 g/mol. The molecular formula is C53H86N2O16Si. The number of aliphatic hydroxyl groups is 10. The fraction of sp³-hybridized carbons (Fsp3) is 0.698. The van der Waals surface area contributed by atoms with E-state index < -0.39 is 149 Å². The molecule has 0 spiro atoms. The Kier molecular flexibility index (Phi) is 24.9. The molecule has 0 saturated carbocycles. The fourth-order valence-electron chi connectivity index (χ4n) is 9.51. The molecule has 4 heterocycles. The minimum Gasteiger partial charge on any atom is -0.462 e. The first kappa shape index (κ1) is 61.3. The number of ether oxygens (including phenoxy) is 4. The molecule has 3 fully saturated rings. The lowest BCUT2D eigenvalue weighted by molar-refractivity contribution is -0.308. The molecule has 4 rings (SSSR count). The van der Waals surface area contributed by atoms with Crippen LogP contribution in [0.2, 0.25) is 25.2 Å². The fourth-order valence-corrected chi connectivity index (χ4v) is 11.5. The highest BCUT2D eigenvalue weighted by molar-refractivity contribution is 6.77. The number of esters is 1. The van der Waals surface area contributed by atoms with Crippen molar-refractivity contribution in [2.24, 2.45) is 23.5 Å². The smallest absolute Gasteiger partial charge is 0.308 e. The SMILES string of the molecule is C[C@@H]1[C@H](O)[C@@H](C)/C=C/C=C/C=C/C=C/C=C/C=C/C=C/C(O[C@@H]2O[C@H](C)[C@@H](O)[C@H](N)[C@@H]2O)CC2O[C@](O)(C[C@@H](O)C[C@@H](O)[C@H](O)CC[C@@H](O)C[C@@H](O)CC(=O)O[C@H]1C)C[C@H](O)[C@H]2C(=O)N1CC[Si](C)(C)CC1. The third kappa shape index (κ3) is 19.5. The van der Waals surface area contributed by atoms with Crippen molar-refractivity contribution in [1.82, 2.24) is 4.90 Å². The number of rotatable bonds is 3. The predicted octanol–water partition coefficient (Wildman–Crippen LogP) is 2.18. The first-order valence-electron chi connectivity index (χ1n) is 25.7. The standard InChI is InChI=1S/C53H86N2O16Si/c1-33-19-17-15-13-11-9-7-8-10-12-14-16-18-20-40(70-52-50(65)47(54)49(64)36(4)69-52)30-44-46(51(66)55-23-25-72(5,6)26-24-55)43(61)32-53(67,71-44)31-39(58)28-42(60)41(59)22-21-37(56)27-38(57)29-45(62)68-35(3)34(2)48(33)63/h7-20,33-44,46-50,52,56-61,63-65,67H,21-32,54H2,1-6H3/b8-7+,11-9+,12-10+,15-13+,16-14+,19-17+,20-18+/t33-,34-,35-,36+,37+,38+,39-,40?,41+,42+,43-,44?,46+,47-,48+,49+,50-,52-,53+/m0/s1. The Labute approximate surface area is 426 Å². The van der Waals surface area contributed by atoms with Gasteiger partial charge >= 0.3 is 5.97 Å². The quantitative estimate of drug-likeness (QED) is 0.143. The second kappa shape index (κ2) is 29.2. The lowest BCUT2D eigenvalue weighted by atomic mass is 9.81. The number of carbonyl (C=O) groups excluding carboxylic acids is 2. The number of fused-ring (bicyclic) bond motifs is 2. The van der Waals surface area contributed by atoms with Gasteiger partial charge in [0.25, 0.3) is 0 Å². The van der Waals surface area contributed by atoms with Crippen LogP contribution in [0.3, 0.4) is 0 Å². The van der Waals surface area contributed by atoms with E-state index in [1.807, 2.05) is 61.6 Å². The second-order valence-corrected chi connectivity index (χ2v) is 26.5. The molecule has 408 valence electrons. The van der Waals surface area contributed by atoms with Crippen molar-refractivity contribution >= 4 is 20.0 Å². The number of aliphatic hydroxyl groups excluding tert-OH is 9. The van der Waals surface area contributed by atoms with Crippen LogP contribution in [-0.2, 0) is 28.5 Å². The number of nitrogens with zero attached hydrogens (tertiary/aromatic N) is 1. The summed E-state index contributed by atoms with van der Waals surface area (Å²) in [6.45, 7) is 12.3. The van der Waals surface area contributed by atoms with Crippen molar-refractivity contribution in [2.75, 3.05) is 13.1 Å². The molecule has 3 saturated heterocycles. The second-order valence-electron chi connectivity index (χ2n) is 21.2. The van der Waals surface area contributed by atoms with E-state index in [0.717, 1.165) is 12.1 Å².